The first-order valence-electron chi connectivity index (χ1n) is 6.58. The quantitative estimate of drug-likeness (QED) is 0.635. The molecule has 1 N–H and O–H groups in total. The minimum absolute atomic E-state index is 0.711. The summed E-state index contributed by atoms with van der Waals surface area (Å²) in [4.78, 5) is 2.62. The Morgan fingerprint density at radius 3 is 2.13 bits per heavy atom. The summed E-state index contributed by atoms with van der Waals surface area (Å²) in [5.74, 6) is 0.877. The molecule has 0 fully saturated rings. The standard InChI is InChI=1S/C13H30N2/c1-6-13(7-2)11-15(8-3)12(4)9-10-14-5/h12-14H,6-11H2,1-5H3. The number of nitrogens with zero attached hydrogens (tertiary/aromatic N) is 1. The van der Waals surface area contributed by atoms with Gasteiger partial charge < -0.3 is 10.2 Å². The highest BCUT2D eigenvalue weighted by Gasteiger charge is 2.15. The maximum absolute atomic E-state index is 3.23. The first-order valence-corrected chi connectivity index (χ1v) is 6.58. The van der Waals surface area contributed by atoms with Gasteiger partial charge in [-0.1, -0.05) is 33.6 Å². The van der Waals surface area contributed by atoms with Gasteiger partial charge in [0.15, 0.2) is 0 Å². The molecule has 0 rings (SSSR count). The fourth-order valence-electron chi connectivity index (χ4n) is 2.04. The zero-order chi connectivity index (χ0) is 11.7. The van der Waals surface area contributed by atoms with Crippen LogP contribution in [0.1, 0.15) is 47.0 Å². The molecule has 2 nitrogen and oxygen atoms in total. The van der Waals surface area contributed by atoms with Crippen LogP contribution in [0.5, 0.6) is 0 Å². The zero-order valence-corrected chi connectivity index (χ0v) is 11.3. The molecule has 0 aliphatic rings. The minimum Gasteiger partial charge on any atom is -0.320 e. The first kappa shape index (κ1) is 14.9. The highest BCUT2D eigenvalue weighted by molar-refractivity contribution is 4.70. The molecule has 0 radical (unpaired) electrons. The van der Waals surface area contributed by atoms with E-state index in [2.05, 4.69) is 37.9 Å². The summed E-state index contributed by atoms with van der Waals surface area (Å²) < 4.78 is 0. The van der Waals surface area contributed by atoms with Gasteiger partial charge in [-0.05, 0) is 39.4 Å². The van der Waals surface area contributed by atoms with Crippen LogP contribution in [0.15, 0.2) is 0 Å². The Bertz CT molecular complexity index is 132. The molecule has 1 unspecified atom stereocenters. The van der Waals surface area contributed by atoms with E-state index in [-0.39, 0.29) is 0 Å². The third kappa shape index (κ3) is 6.16. The third-order valence-electron chi connectivity index (χ3n) is 3.49. The highest BCUT2D eigenvalue weighted by atomic mass is 15.1. The molecule has 0 heterocycles. The maximum atomic E-state index is 3.23. The van der Waals surface area contributed by atoms with Crippen molar-refractivity contribution in [3.63, 3.8) is 0 Å². The molecule has 1 atom stereocenters. The van der Waals surface area contributed by atoms with Crippen LogP contribution in [0.25, 0.3) is 0 Å². The summed E-state index contributed by atoms with van der Waals surface area (Å²) in [5.41, 5.74) is 0. The van der Waals surface area contributed by atoms with E-state index < -0.39 is 0 Å². The molecule has 0 bridgehead atoms. The monoisotopic (exact) mass is 214 g/mol. The van der Waals surface area contributed by atoms with Gasteiger partial charge in [-0.3, -0.25) is 0 Å². The van der Waals surface area contributed by atoms with Crippen LogP contribution >= 0.6 is 0 Å². The molecule has 0 aromatic rings. The largest absolute Gasteiger partial charge is 0.320 e. The van der Waals surface area contributed by atoms with Gasteiger partial charge in [0, 0.05) is 12.6 Å². The number of hydrogen-bond donors (Lipinski definition) is 1. The van der Waals surface area contributed by atoms with Gasteiger partial charge in [0.05, 0.1) is 0 Å². The normalized spacial score (nSPS) is 13.8. The van der Waals surface area contributed by atoms with Crippen molar-refractivity contribution in [1.82, 2.24) is 10.2 Å². The maximum Gasteiger partial charge on any atom is 0.00790 e. The van der Waals surface area contributed by atoms with Gasteiger partial charge in [-0.15, -0.1) is 0 Å². The molecule has 0 saturated carbocycles. The SMILES string of the molecule is CCC(CC)CN(CC)C(C)CCNC. The van der Waals surface area contributed by atoms with E-state index in [1.807, 2.05) is 7.05 Å². The summed E-state index contributed by atoms with van der Waals surface area (Å²) in [5, 5.41) is 3.23. The van der Waals surface area contributed by atoms with E-state index in [0.717, 1.165) is 12.5 Å². The molecular formula is C13H30N2. The Balaban J connectivity index is 3.98. The van der Waals surface area contributed by atoms with E-state index >= 15 is 0 Å². The van der Waals surface area contributed by atoms with Crippen LogP contribution in [0.4, 0.5) is 0 Å². The number of hydrogen-bond acceptors (Lipinski definition) is 2. The molecule has 2 heteroatoms. The molecule has 0 amide bonds. The number of nitrogens with one attached hydrogen (secondary N) is 1. The molecule has 0 spiro atoms. The van der Waals surface area contributed by atoms with Crippen molar-refractivity contribution < 1.29 is 0 Å². The van der Waals surface area contributed by atoms with Gasteiger partial charge >= 0.3 is 0 Å². The zero-order valence-electron chi connectivity index (χ0n) is 11.3. The lowest BCUT2D eigenvalue weighted by molar-refractivity contribution is 0.173. The highest BCUT2D eigenvalue weighted by Crippen LogP contribution is 2.13. The van der Waals surface area contributed by atoms with E-state index in [1.165, 1.54) is 32.4 Å². The lowest BCUT2D eigenvalue weighted by Gasteiger charge is -2.31. The lowest BCUT2D eigenvalue weighted by atomic mass is 10.0. The van der Waals surface area contributed by atoms with E-state index in [4.69, 9.17) is 0 Å². The third-order valence-corrected chi connectivity index (χ3v) is 3.49. The van der Waals surface area contributed by atoms with Gasteiger partial charge in [0.2, 0.25) is 0 Å². The molecule has 15 heavy (non-hydrogen) atoms. The van der Waals surface area contributed by atoms with Gasteiger partial charge in [-0.2, -0.15) is 0 Å². The summed E-state index contributed by atoms with van der Waals surface area (Å²) >= 11 is 0. The van der Waals surface area contributed by atoms with Crippen molar-refractivity contribution in [2.75, 3.05) is 26.7 Å². The predicted octanol–water partition coefficient (Wildman–Crippen LogP) is 2.74. The molecule has 0 aromatic heterocycles. The van der Waals surface area contributed by atoms with Gasteiger partial charge in [0.25, 0.3) is 0 Å². The van der Waals surface area contributed by atoms with E-state index in [1.54, 1.807) is 0 Å². The van der Waals surface area contributed by atoms with Crippen molar-refractivity contribution in [2.45, 2.75) is 53.0 Å². The molecule has 0 aliphatic carbocycles. The van der Waals surface area contributed by atoms with Gasteiger partial charge in [0.1, 0.15) is 0 Å². The topological polar surface area (TPSA) is 15.3 Å². The summed E-state index contributed by atoms with van der Waals surface area (Å²) in [6.07, 6.45) is 3.88. The molecule has 92 valence electrons. The Morgan fingerprint density at radius 1 is 1.13 bits per heavy atom. The summed E-state index contributed by atoms with van der Waals surface area (Å²) in [6, 6.07) is 0.711. The van der Waals surface area contributed by atoms with Crippen LogP contribution in [-0.2, 0) is 0 Å². The summed E-state index contributed by atoms with van der Waals surface area (Å²) in [6.45, 7) is 12.8. The average molecular weight is 214 g/mol. The minimum atomic E-state index is 0.711. The second-order valence-electron chi connectivity index (χ2n) is 4.51. The number of rotatable bonds is 9. The molecule has 0 aliphatic heterocycles. The Kier molecular flexibility index (Phi) is 9.12. The molecule has 0 aromatic carbocycles. The van der Waals surface area contributed by atoms with Gasteiger partial charge in [-0.25, -0.2) is 0 Å². The first-order chi connectivity index (χ1) is 7.19. The fraction of sp³-hybridized carbons (Fsp3) is 1.00. The van der Waals surface area contributed by atoms with E-state index in [0.29, 0.717) is 6.04 Å². The van der Waals surface area contributed by atoms with Crippen molar-refractivity contribution >= 4 is 0 Å². The average Bonchev–Trinajstić information content (AvgIpc) is 2.27. The van der Waals surface area contributed by atoms with Crippen LogP contribution in [0.2, 0.25) is 0 Å². The Labute approximate surface area is 96.4 Å². The molecular weight excluding hydrogens is 184 g/mol. The van der Waals surface area contributed by atoms with Crippen molar-refractivity contribution in [3.8, 4) is 0 Å². The van der Waals surface area contributed by atoms with Crippen LogP contribution in [-0.4, -0.2) is 37.6 Å². The Morgan fingerprint density at radius 2 is 1.73 bits per heavy atom. The van der Waals surface area contributed by atoms with Crippen molar-refractivity contribution in [1.29, 1.82) is 0 Å². The second kappa shape index (κ2) is 9.17. The lowest BCUT2D eigenvalue weighted by Crippen LogP contribution is -2.38. The fourth-order valence-corrected chi connectivity index (χ4v) is 2.04. The predicted molar refractivity (Wildman–Crippen MR) is 69.3 cm³/mol. The summed E-state index contributed by atoms with van der Waals surface area (Å²) in [7, 11) is 2.03. The van der Waals surface area contributed by atoms with E-state index in [9.17, 15) is 0 Å². The van der Waals surface area contributed by atoms with Crippen LogP contribution in [0.3, 0.4) is 0 Å². The van der Waals surface area contributed by atoms with Crippen molar-refractivity contribution in [2.24, 2.45) is 5.92 Å². The van der Waals surface area contributed by atoms with Crippen LogP contribution in [0, 0.1) is 5.92 Å². The van der Waals surface area contributed by atoms with Crippen LogP contribution < -0.4 is 5.32 Å². The van der Waals surface area contributed by atoms with Crippen molar-refractivity contribution in [3.05, 3.63) is 0 Å². The molecule has 0 saturated heterocycles. The second-order valence-corrected chi connectivity index (χ2v) is 4.51. The smallest absolute Gasteiger partial charge is 0.00790 e. The Hall–Kier alpha value is -0.0800.